The van der Waals surface area contributed by atoms with Gasteiger partial charge in [-0.2, -0.15) is 0 Å². The first-order valence-corrected chi connectivity index (χ1v) is 7.55. The van der Waals surface area contributed by atoms with Crippen molar-refractivity contribution in [1.82, 2.24) is 0 Å². The largest absolute Gasteiger partial charge is 0.327 e. The molecule has 5 heteroatoms. The second kappa shape index (κ2) is 7.22. The zero-order valence-electron chi connectivity index (χ0n) is 12.4. The Morgan fingerprint density at radius 2 is 1.95 bits per heavy atom. The lowest BCUT2D eigenvalue weighted by Crippen LogP contribution is -2.26. The molecule has 1 unspecified atom stereocenters. The molecule has 1 aliphatic rings. The maximum absolute atomic E-state index is 11.9. The average Bonchev–Trinajstić information content (AvgIpc) is 3.23. The number of rotatable bonds is 7. The van der Waals surface area contributed by atoms with Gasteiger partial charge in [0.2, 0.25) is 11.8 Å². The van der Waals surface area contributed by atoms with Crippen LogP contribution in [0.15, 0.2) is 24.3 Å². The summed E-state index contributed by atoms with van der Waals surface area (Å²) < 4.78 is 0. The van der Waals surface area contributed by atoms with Crippen molar-refractivity contribution in [1.29, 1.82) is 0 Å². The van der Waals surface area contributed by atoms with Crippen LogP contribution in [0.25, 0.3) is 0 Å². The number of hydrogen-bond acceptors (Lipinski definition) is 3. The normalized spacial score (nSPS) is 15.3. The predicted molar refractivity (Wildman–Crippen MR) is 83.9 cm³/mol. The second-order valence-electron chi connectivity index (χ2n) is 5.65. The molecule has 2 amide bonds. The molecule has 1 aliphatic carbocycles. The Balaban J connectivity index is 1.87. The fraction of sp³-hybridized carbons (Fsp3) is 0.500. The van der Waals surface area contributed by atoms with E-state index in [1.54, 1.807) is 12.1 Å². The number of benzene rings is 1. The van der Waals surface area contributed by atoms with Gasteiger partial charge >= 0.3 is 0 Å². The van der Waals surface area contributed by atoms with Crippen LogP contribution < -0.4 is 16.4 Å². The molecule has 1 aromatic rings. The summed E-state index contributed by atoms with van der Waals surface area (Å²) in [5.41, 5.74) is 7.25. The van der Waals surface area contributed by atoms with Crippen molar-refractivity contribution >= 4 is 23.2 Å². The molecule has 0 aliphatic heterocycles. The van der Waals surface area contributed by atoms with E-state index in [-0.39, 0.29) is 23.8 Å². The lowest BCUT2D eigenvalue weighted by atomic mass is 10.1. The van der Waals surface area contributed by atoms with E-state index in [9.17, 15) is 9.59 Å². The molecule has 1 aromatic carbocycles. The molecule has 2 rings (SSSR count). The topological polar surface area (TPSA) is 84.2 Å². The molecular weight excluding hydrogens is 266 g/mol. The summed E-state index contributed by atoms with van der Waals surface area (Å²) in [6, 6.07) is 7.09. The molecule has 4 N–H and O–H groups in total. The number of amides is 2. The van der Waals surface area contributed by atoms with E-state index < -0.39 is 0 Å². The first-order chi connectivity index (χ1) is 10.1. The Morgan fingerprint density at radius 1 is 1.29 bits per heavy atom. The number of hydrogen-bond donors (Lipinski definition) is 3. The van der Waals surface area contributed by atoms with Gasteiger partial charge in [0.1, 0.15) is 0 Å². The molecule has 1 saturated carbocycles. The van der Waals surface area contributed by atoms with Gasteiger partial charge in [0, 0.05) is 29.8 Å². The highest BCUT2D eigenvalue weighted by Gasteiger charge is 2.29. The van der Waals surface area contributed by atoms with Crippen LogP contribution in [-0.4, -0.2) is 17.9 Å². The van der Waals surface area contributed by atoms with Gasteiger partial charge in [-0.3, -0.25) is 9.59 Å². The molecular formula is C16H23N3O2. The quantitative estimate of drug-likeness (QED) is 0.721. The Morgan fingerprint density at radius 3 is 2.57 bits per heavy atom. The Kier molecular flexibility index (Phi) is 5.33. The van der Waals surface area contributed by atoms with Gasteiger partial charge in [-0.15, -0.1) is 0 Å². The van der Waals surface area contributed by atoms with Crippen LogP contribution in [0.5, 0.6) is 0 Å². The number of nitrogens with one attached hydrogen (secondary N) is 2. The summed E-state index contributed by atoms with van der Waals surface area (Å²) in [5, 5.41) is 5.68. The Hall–Kier alpha value is -1.88. The van der Waals surface area contributed by atoms with E-state index in [4.69, 9.17) is 5.73 Å². The standard InChI is InChI=1S/C16H23N3O2/c1-2-4-12(17)9-15(20)18-13-5-3-6-14(10-13)19-16(21)11-7-8-11/h3,5-6,10-12H,2,4,7-9,17H2,1H3,(H,18,20)(H,19,21). The summed E-state index contributed by atoms with van der Waals surface area (Å²) >= 11 is 0. The smallest absolute Gasteiger partial charge is 0.227 e. The minimum absolute atomic E-state index is 0.0587. The maximum atomic E-state index is 11.9. The van der Waals surface area contributed by atoms with Crippen LogP contribution in [0.1, 0.15) is 39.0 Å². The van der Waals surface area contributed by atoms with Crippen molar-refractivity contribution < 1.29 is 9.59 Å². The summed E-state index contributed by atoms with van der Waals surface area (Å²) in [7, 11) is 0. The van der Waals surface area contributed by atoms with Gasteiger partial charge in [0.05, 0.1) is 0 Å². The second-order valence-corrected chi connectivity index (χ2v) is 5.65. The van der Waals surface area contributed by atoms with E-state index in [2.05, 4.69) is 10.6 Å². The van der Waals surface area contributed by atoms with Crippen LogP contribution >= 0.6 is 0 Å². The van der Waals surface area contributed by atoms with E-state index in [0.717, 1.165) is 25.7 Å². The molecule has 0 bridgehead atoms. The molecule has 0 heterocycles. The van der Waals surface area contributed by atoms with Crippen LogP contribution in [0.3, 0.4) is 0 Å². The zero-order chi connectivity index (χ0) is 15.2. The SMILES string of the molecule is CCCC(N)CC(=O)Nc1cccc(NC(=O)C2CC2)c1. The summed E-state index contributed by atoms with van der Waals surface area (Å²) in [5.74, 6) is 0.125. The van der Waals surface area contributed by atoms with Crippen molar-refractivity contribution in [3.05, 3.63) is 24.3 Å². The average molecular weight is 289 g/mol. The van der Waals surface area contributed by atoms with Crippen molar-refractivity contribution in [3.8, 4) is 0 Å². The van der Waals surface area contributed by atoms with Crippen molar-refractivity contribution in [2.75, 3.05) is 10.6 Å². The summed E-state index contributed by atoms with van der Waals surface area (Å²) in [4.78, 5) is 23.6. The van der Waals surface area contributed by atoms with E-state index in [1.807, 2.05) is 19.1 Å². The van der Waals surface area contributed by atoms with E-state index in [1.165, 1.54) is 0 Å². The van der Waals surface area contributed by atoms with Crippen molar-refractivity contribution in [2.24, 2.45) is 11.7 Å². The Labute approximate surface area is 125 Å². The van der Waals surface area contributed by atoms with Gasteiger partial charge in [0.25, 0.3) is 0 Å². The van der Waals surface area contributed by atoms with Gasteiger partial charge in [-0.1, -0.05) is 19.4 Å². The van der Waals surface area contributed by atoms with Crippen LogP contribution in [0.2, 0.25) is 0 Å². The van der Waals surface area contributed by atoms with E-state index >= 15 is 0 Å². The predicted octanol–water partition coefficient (Wildman–Crippen LogP) is 2.49. The number of anilines is 2. The number of carbonyl (C=O) groups is 2. The molecule has 21 heavy (non-hydrogen) atoms. The molecule has 0 spiro atoms. The third kappa shape index (κ3) is 5.19. The number of carbonyl (C=O) groups excluding carboxylic acids is 2. The van der Waals surface area contributed by atoms with E-state index in [0.29, 0.717) is 17.8 Å². The monoisotopic (exact) mass is 289 g/mol. The van der Waals surface area contributed by atoms with Crippen molar-refractivity contribution in [2.45, 2.75) is 45.1 Å². The third-order valence-electron chi connectivity index (χ3n) is 3.47. The fourth-order valence-electron chi connectivity index (χ4n) is 2.19. The molecule has 5 nitrogen and oxygen atoms in total. The summed E-state index contributed by atoms with van der Waals surface area (Å²) in [6.07, 6.45) is 4.06. The van der Waals surface area contributed by atoms with Gasteiger partial charge < -0.3 is 16.4 Å². The van der Waals surface area contributed by atoms with Gasteiger partial charge in [-0.05, 0) is 37.5 Å². The molecule has 0 saturated heterocycles. The number of nitrogens with two attached hydrogens (primary N) is 1. The highest BCUT2D eigenvalue weighted by atomic mass is 16.2. The maximum Gasteiger partial charge on any atom is 0.227 e. The molecule has 1 fully saturated rings. The minimum atomic E-state index is -0.104. The van der Waals surface area contributed by atoms with Crippen LogP contribution in [0, 0.1) is 5.92 Å². The first kappa shape index (κ1) is 15.5. The molecule has 0 radical (unpaired) electrons. The molecule has 1 atom stereocenters. The molecule has 0 aromatic heterocycles. The minimum Gasteiger partial charge on any atom is -0.327 e. The van der Waals surface area contributed by atoms with Gasteiger partial charge in [0.15, 0.2) is 0 Å². The lowest BCUT2D eigenvalue weighted by molar-refractivity contribution is -0.117. The van der Waals surface area contributed by atoms with Crippen LogP contribution in [-0.2, 0) is 9.59 Å². The highest BCUT2D eigenvalue weighted by molar-refractivity contribution is 5.96. The third-order valence-corrected chi connectivity index (χ3v) is 3.47. The lowest BCUT2D eigenvalue weighted by Gasteiger charge is -2.11. The zero-order valence-corrected chi connectivity index (χ0v) is 12.4. The van der Waals surface area contributed by atoms with Crippen molar-refractivity contribution in [3.63, 3.8) is 0 Å². The fourth-order valence-corrected chi connectivity index (χ4v) is 2.19. The summed E-state index contributed by atoms with van der Waals surface area (Å²) in [6.45, 7) is 2.05. The van der Waals surface area contributed by atoms with Crippen LogP contribution in [0.4, 0.5) is 11.4 Å². The highest BCUT2D eigenvalue weighted by Crippen LogP contribution is 2.30. The van der Waals surface area contributed by atoms with Gasteiger partial charge in [-0.25, -0.2) is 0 Å². The molecule has 114 valence electrons. The first-order valence-electron chi connectivity index (χ1n) is 7.55. The Bertz CT molecular complexity index is 512.